The molecule has 0 bridgehead atoms. The van der Waals surface area contributed by atoms with E-state index in [1.807, 2.05) is 6.07 Å². The molecule has 0 amide bonds. The van der Waals surface area contributed by atoms with Crippen molar-refractivity contribution < 1.29 is 22.9 Å². The number of nitro benzene ring substituents is 1. The lowest BCUT2D eigenvalue weighted by molar-refractivity contribution is -0.384. The molecule has 2 aromatic rings. The van der Waals surface area contributed by atoms with Crippen LogP contribution in [0.15, 0.2) is 53.4 Å². The number of rotatable bonds is 7. The van der Waals surface area contributed by atoms with Crippen molar-refractivity contribution in [3.05, 3.63) is 64.2 Å². The Morgan fingerprint density at radius 1 is 1.19 bits per heavy atom. The molecule has 27 heavy (non-hydrogen) atoms. The number of nitro groups is 1. The Labute approximate surface area is 155 Å². The van der Waals surface area contributed by atoms with Gasteiger partial charge in [-0.1, -0.05) is 12.1 Å². The second kappa shape index (κ2) is 8.29. The van der Waals surface area contributed by atoms with Crippen LogP contribution in [0.5, 0.6) is 0 Å². The number of methoxy groups -OCH3 is 1. The summed E-state index contributed by atoms with van der Waals surface area (Å²) in [5, 5.41) is 19.5. The molecule has 0 aromatic heterocycles. The highest BCUT2D eigenvalue weighted by atomic mass is 32.2. The van der Waals surface area contributed by atoms with E-state index in [1.165, 1.54) is 12.1 Å². The van der Waals surface area contributed by atoms with Crippen LogP contribution < -0.4 is 4.31 Å². The summed E-state index contributed by atoms with van der Waals surface area (Å²) < 4.78 is 31.4. The van der Waals surface area contributed by atoms with Gasteiger partial charge in [0.05, 0.1) is 35.1 Å². The predicted octanol–water partition coefficient (Wildman–Crippen LogP) is 2.03. The fourth-order valence-electron chi connectivity index (χ4n) is 2.24. The SMILES string of the molecule is COC(=O)CN(c1ccc(CC#N)cc1)S(=O)(=O)c1ccc([N+](=O)[O-])cc1. The van der Waals surface area contributed by atoms with Crippen molar-refractivity contribution in [1.82, 2.24) is 0 Å². The van der Waals surface area contributed by atoms with E-state index in [1.54, 1.807) is 12.1 Å². The first kappa shape index (κ1) is 19.9. The van der Waals surface area contributed by atoms with Gasteiger partial charge in [0.1, 0.15) is 6.54 Å². The van der Waals surface area contributed by atoms with Crippen molar-refractivity contribution in [2.45, 2.75) is 11.3 Å². The summed E-state index contributed by atoms with van der Waals surface area (Å²) in [5.41, 5.74) is 0.627. The third kappa shape index (κ3) is 4.59. The quantitative estimate of drug-likeness (QED) is 0.402. The number of esters is 1. The first-order valence-electron chi connectivity index (χ1n) is 7.59. The van der Waals surface area contributed by atoms with Crippen LogP contribution in [0.3, 0.4) is 0 Å². The third-order valence-corrected chi connectivity index (χ3v) is 5.43. The average molecular weight is 389 g/mol. The van der Waals surface area contributed by atoms with Crippen LogP contribution in [0, 0.1) is 21.4 Å². The minimum atomic E-state index is -4.18. The molecule has 10 heteroatoms. The lowest BCUT2D eigenvalue weighted by atomic mass is 10.1. The zero-order chi connectivity index (χ0) is 20.0. The van der Waals surface area contributed by atoms with Crippen LogP contribution in [0.2, 0.25) is 0 Å². The minimum Gasteiger partial charge on any atom is -0.468 e. The van der Waals surface area contributed by atoms with Gasteiger partial charge in [-0.3, -0.25) is 19.2 Å². The topological polar surface area (TPSA) is 131 Å². The second-order valence-corrected chi connectivity index (χ2v) is 7.20. The van der Waals surface area contributed by atoms with Crippen molar-refractivity contribution in [3.63, 3.8) is 0 Å². The fourth-order valence-corrected chi connectivity index (χ4v) is 3.64. The molecule has 2 rings (SSSR count). The van der Waals surface area contributed by atoms with E-state index in [0.717, 1.165) is 35.7 Å². The number of benzene rings is 2. The molecule has 0 aliphatic carbocycles. The van der Waals surface area contributed by atoms with Gasteiger partial charge >= 0.3 is 5.97 Å². The molecule has 0 saturated heterocycles. The molecule has 140 valence electrons. The van der Waals surface area contributed by atoms with Crippen molar-refractivity contribution in [2.24, 2.45) is 0 Å². The Balaban J connectivity index is 2.46. The highest BCUT2D eigenvalue weighted by Gasteiger charge is 2.28. The number of hydrogen-bond donors (Lipinski definition) is 0. The number of non-ortho nitro benzene ring substituents is 1. The molecule has 0 heterocycles. The van der Waals surface area contributed by atoms with Gasteiger partial charge < -0.3 is 4.74 Å². The molecule has 2 aromatic carbocycles. The van der Waals surface area contributed by atoms with Crippen LogP contribution in [0.25, 0.3) is 0 Å². The minimum absolute atomic E-state index is 0.159. The van der Waals surface area contributed by atoms with E-state index >= 15 is 0 Å². The summed E-state index contributed by atoms with van der Waals surface area (Å²) in [6.45, 7) is -0.576. The highest BCUT2D eigenvalue weighted by molar-refractivity contribution is 7.92. The number of carbonyl (C=O) groups is 1. The van der Waals surface area contributed by atoms with E-state index in [4.69, 9.17) is 5.26 Å². The van der Waals surface area contributed by atoms with E-state index in [9.17, 15) is 23.3 Å². The van der Waals surface area contributed by atoms with Gasteiger partial charge in [0.15, 0.2) is 0 Å². The fraction of sp³-hybridized carbons (Fsp3) is 0.176. The van der Waals surface area contributed by atoms with Crippen LogP contribution in [-0.4, -0.2) is 33.0 Å². The number of hydrogen-bond acceptors (Lipinski definition) is 7. The number of anilines is 1. The molecule has 0 radical (unpaired) electrons. The summed E-state index contributed by atoms with van der Waals surface area (Å²) in [6.07, 6.45) is 0.159. The molecule has 0 aliphatic heterocycles. The molecule has 0 aliphatic rings. The van der Waals surface area contributed by atoms with Crippen LogP contribution in [0.4, 0.5) is 11.4 Å². The molecule has 0 atom stereocenters. The third-order valence-electron chi connectivity index (χ3n) is 3.64. The number of sulfonamides is 1. The van der Waals surface area contributed by atoms with Crippen LogP contribution in [0.1, 0.15) is 5.56 Å². The van der Waals surface area contributed by atoms with Crippen molar-refractivity contribution in [1.29, 1.82) is 5.26 Å². The maximum absolute atomic E-state index is 13.0. The van der Waals surface area contributed by atoms with Gasteiger partial charge in [0.2, 0.25) is 0 Å². The van der Waals surface area contributed by atoms with E-state index < -0.39 is 27.5 Å². The summed E-state index contributed by atoms with van der Waals surface area (Å²) >= 11 is 0. The lowest BCUT2D eigenvalue weighted by Gasteiger charge is -2.23. The summed E-state index contributed by atoms with van der Waals surface area (Å²) in [5.74, 6) is -0.776. The molecular formula is C17H15N3O6S. The number of ether oxygens (including phenoxy) is 1. The summed E-state index contributed by atoms with van der Waals surface area (Å²) in [7, 11) is -3.05. The first-order valence-corrected chi connectivity index (χ1v) is 9.03. The zero-order valence-corrected chi connectivity index (χ0v) is 15.0. The van der Waals surface area contributed by atoms with Crippen LogP contribution >= 0.6 is 0 Å². The Bertz CT molecular complexity index is 979. The van der Waals surface area contributed by atoms with Gasteiger partial charge in [0, 0.05) is 12.1 Å². The predicted molar refractivity (Wildman–Crippen MR) is 95.4 cm³/mol. The van der Waals surface area contributed by atoms with Gasteiger partial charge in [0.25, 0.3) is 15.7 Å². The molecule has 0 spiro atoms. The number of nitriles is 1. The van der Waals surface area contributed by atoms with Crippen molar-refractivity contribution in [2.75, 3.05) is 18.0 Å². The van der Waals surface area contributed by atoms with Crippen LogP contribution in [-0.2, 0) is 26.0 Å². The monoisotopic (exact) mass is 389 g/mol. The molecular weight excluding hydrogens is 374 g/mol. The molecule has 0 unspecified atom stereocenters. The van der Waals surface area contributed by atoms with Gasteiger partial charge in [-0.15, -0.1) is 0 Å². The standard InChI is InChI=1S/C17H15N3O6S/c1-26-17(21)12-19(14-4-2-13(3-5-14)10-11-18)27(24,25)16-8-6-15(7-9-16)20(22)23/h2-9H,10,12H2,1H3. The zero-order valence-electron chi connectivity index (χ0n) is 14.2. The number of carbonyl (C=O) groups excluding carboxylic acids is 1. The molecule has 0 saturated carbocycles. The summed E-state index contributed by atoms with van der Waals surface area (Å²) in [4.78, 5) is 21.6. The smallest absolute Gasteiger partial charge is 0.326 e. The van der Waals surface area contributed by atoms with Gasteiger partial charge in [-0.05, 0) is 29.8 Å². The van der Waals surface area contributed by atoms with Crippen molar-refractivity contribution in [3.8, 4) is 6.07 Å². The van der Waals surface area contributed by atoms with E-state index in [2.05, 4.69) is 4.74 Å². The average Bonchev–Trinajstić information content (AvgIpc) is 2.66. The largest absolute Gasteiger partial charge is 0.468 e. The Morgan fingerprint density at radius 2 is 1.78 bits per heavy atom. The van der Waals surface area contributed by atoms with Gasteiger partial charge in [-0.2, -0.15) is 5.26 Å². The second-order valence-electron chi connectivity index (χ2n) is 5.34. The number of nitrogens with zero attached hydrogens (tertiary/aromatic N) is 3. The Hall–Kier alpha value is -3.45. The maximum Gasteiger partial charge on any atom is 0.326 e. The first-order chi connectivity index (χ1) is 12.8. The Kier molecular flexibility index (Phi) is 6.10. The normalized spacial score (nSPS) is 10.7. The molecule has 0 N–H and O–H groups in total. The van der Waals surface area contributed by atoms with E-state index in [0.29, 0.717) is 5.56 Å². The lowest BCUT2D eigenvalue weighted by Crippen LogP contribution is -2.36. The Morgan fingerprint density at radius 3 is 2.26 bits per heavy atom. The van der Waals surface area contributed by atoms with Gasteiger partial charge in [-0.25, -0.2) is 8.42 Å². The molecule has 9 nitrogen and oxygen atoms in total. The van der Waals surface area contributed by atoms with Crippen molar-refractivity contribution >= 4 is 27.4 Å². The molecule has 0 fully saturated rings. The summed E-state index contributed by atoms with van der Waals surface area (Å²) in [6, 6.07) is 12.4. The van der Waals surface area contributed by atoms with E-state index in [-0.39, 0.29) is 22.7 Å². The highest BCUT2D eigenvalue weighted by Crippen LogP contribution is 2.25. The maximum atomic E-state index is 13.0.